The van der Waals surface area contributed by atoms with Gasteiger partial charge in [-0.15, -0.1) is 0 Å². The predicted octanol–water partition coefficient (Wildman–Crippen LogP) is 5.33. The molecule has 0 spiro atoms. The van der Waals surface area contributed by atoms with Crippen molar-refractivity contribution in [2.24, 2.45) is 0 Å². The molecule has 0 saturated carbocycles. The van der Waals surface area contributed by atoms with Gasteiger partial charge in [0.25, 0.3) is 5.91 Å². The summed E-state index contributed by atoms with van der Waals surface area (Å²) in [6.07, 6.45) is 0. The molecule has 0 fully saturated rings. The van der Waals surface area contributed by atoms with Gasteiger partial charge in [-0.05, 0) is 55.7 Å². The van der Waals surface area contributed by atoms with E-state index in [9.17, 15) is 4.79 Å². The highest BCUT2D eigenvalue weighted by Crippen LogP contribution is 2.24. The number of oxazole rings is 1. The molecule has 2 aromatic carbocycles. The van der Waals surface area contributed by atoms with Gasteiger partial charge in [0.1, 0.15) is 5.76 Å². The van der Waals surface area contributed by atoms with E-state index >= 15 is 0 Å². The van der Waals surface area contributed by atoms with Crippen LogP contribution in [0, 0.1) is 13.8 Å². The summed E-state index contributed by atoms with van der Waals surface area (Å²) in [5, 5.41) is 2.93. The van der Waals surface area contributed by atoms with Crippen LogP contribution in [0.4, 0.5) is 5.69 Å². The van der Waals surface area contributed by atoms with E-state index in [0.717, 1.165) is 17.0 Å². The van der Waals surface area contributed by atoms with Crippen molar-refractivity contribution in [2.75, 3.05) is 5.32 Å². The minimum Gasteiger partial charge on any atom is -0.441 e. The molecular weight excluding hydrogens is 312 g/mol. The minimum atomic E-state index is -0.132. The Morgan fingerprint density at radius 1 is 1.08 bits per heavy atom. The van der Waals surface area contributed by atoms with Gasteiger partial charge in [0, 0.05) is 16.8 Å². The van der Waals surface area contributed by atoms with Crippen LogP contribution in [0.2, 0.25) is 0 Å². The first kappa shape index (κ1) is 17.0. The zero-order chi connectivity index (χ0) is 18.0. The molecular formula is C21H22N2O2. The molecule has 128 valence electrons. The van der Waals surface area contributed by atoms with E-state index in [4.69, 9.17) is 4.42 Å². The number of hydrogen-bond acceptors (Lipinski definition) is 3. The van der Waals surface area contributed by atoms with Crippen LogP contribution in [0.3, 0.4) is 0 Å². The van der Waals surface area contributed by atoms with Gasteiger partial charge in [-0.2, -0.15) is 0 Å². The molecule has 1 amide bonds. The van der Waals surface area contributed by atoms with E-state index in [0.29, 0.717) is 23.1 Å². The number of aromatic nitrogens is 1. The number of rotatable bonds is 4. The van der Waals surface area contributed by atoms with Gasteiger partial charge in [-0.1, -0.05) is 32.0 Å². The number of benzene rings is 2. The summed E-state index contributed by atoms with van der Waals surface area (Å²) in [4.78, 5) is 16.9. The maximum Gasteiger partial charge on any atom is 0.255 e. The van der Waals surface area contributed by atoms with Crippen molar-refractivity contribution in [3.63, 3.8) is 0 Å². The van der Waals surface area contributed by atoms with Crippen LogP contribution in [0.5, 0.6) is 0 Å². The summed E-state index contributed by atoms with van der Waals surface area (Å²) in [6.45, 7) is 8.06. The molecule has 1 N–H and O–H groups in total. The Balaban J connectivity index is 1.78. The van der Waals surface area contributed by atoms with Crippen molar-refractivity contribution in [3.05, 3.63) is 71.1 Å². The third kappa shape index (κ3) is 3.79. The smallest absolute Gasteiger partial charge is 0.255 e. The second kappa shape index (κ2) is 6.93. The average Bonchev–Trinajstić information content (AvgIpc) is 2.94. The zero-order valence-corrected chi connectivity index (χ0v) is 15.0. The van der Waals surface area contributed by atoms with Gasteiger partial charge in [-0.25, -0.2) is 4.98 Å². The molecule has 1 aromatic heterocycles. The van der Waals surface area contributed by atoms with Crippen LogP contribution in [0.25, 0.3) is 11.5 Å². The highest BCUT2D eigenvalue weighted by molar-refractivity contribution is 6.04. The third-order valence-electron chi connectivity index (χ3n) is 4.24. The van der Waals surface area contributed by atoms with Crippen molar-refractivity contribution in [1.29, 1.82) is 0 Å². The lowest BCUT2D eigenvalue weighted by Crippen LogP contribution is -2.11. The number of nitrogens with one attached hydrogen (secondary N) is 1. The van der Waals surface area contributed by atoms with Crippen LogP contribution < -0.4 is 5.32 Å². The molecule has 0 unspecified atom stereocenters. The van der Waals surface area contributed by atoms with E-state index in [1.807, 2.05) is 62.4 Å². The molecule has 3 aromatic rings. The van der Waals surface area contributed by atoms with Crippen molar-refractivity contribution in [1.82, 2.24) is 4.98 Å². The SMILES string of the molecule is Cc1nc(-c2cccc(NC(=O)c3ccc(C(C)C)cc3)c2)oc1C. The molecule has 0 atom stereocenters. The second-order valence-corrected chi connectivity index (χ2v) is 6.47. The van der Waals surface area contributed by atoms with E-state index in [-0.39, 0.29) is 5.91 Å². The number of aryl methyl sites for hydroxylation is 2. The van der Waals surface area contributed by atoms with Crippen molar-refractivity contribution >= 4 is 11.6 Å². The Kier molecular flexibility index (Phi) is 4.70. The monoisotopic (exact) mass is 334 g/mol. The lowest BCUT2D eigenvalue weighted by atomic mass is 10.0. The van der Waals surface area contributed by atoms with E-state index in [1.54, 1.807) is 0 Å². The fourth-order valence-electron chi connectivity index (χ4n) is 2.55. The Morgan fingerprint density at radius 2 is 1.80 bits per heavy atom. The van der Waals surface area contributed by atoms with Crippen LogP contribution in [0.15, 0.2) is 52.9 Å². The molecule has 0 bridgehead atoms. The van der Waals surface area contributed by atoms with Gasteiger partial charge in [0.05, 0.1) is 5.69 Å². The van der Waals surface area contributed by atoms with Crippen molar-refractivity contribution in [2.45, 2.75) is 33.6 Å². The number of carbonyl (C=O) groups excluding carboxylic acids is 1. The van der Waals surface area contributed by atoms with E-state index in [1.165, 1.54) is 5.56 Å². The molecule has 0 aliphatic rings. The first-order chi connectivity index (χ1) is 11.9. The summed E-state index contributed by atoms with van der Waals surface area (Å²) in [6, 6.07) is 15.2. The summed E-state index contributed by atoms with van der Waals surface area (Å²) in [5.41, 5.74) is 4.27. The standard InChI is InChI=1S/C21H22N2O2/c1-13(2)16-8-10-17(11-9-16)20(24)23-19-7-5-6-18(12-19)21-22-14(3)15(4)25-21/h5-13H,1-4H3,(H,23,24). The Hall–Kier alpha value is -2.88. The number of nitrogens with zero attached hydrogens (tertiary/aromatic N) is 1. The number of anilines is 1. The quantitative estimate of drug-likeness (QED) is 0.701. The maximum absolute atomic E-state index is 12.5. The normalized spacial score (nSPS) is 10.9. The van der Waals surface area contributed by atoms with Crippen LogP contribution in [0.1, 0.15) is 47.1 Å². The Labute approximate surface area is 147 Å². The predicted molar refractivity (Wildman–Crippen MR) is 99.9 cm³/mol. The summed E-state index contributed by atoms with van der Waals surface area (Å²) >= 11 is 0. The Morgan fingerprint density at radius 3 is 2.40 bits per heavy atom. The first-order valence-corrected chi connectivity index (χ1v) is 8.40. The molecule has 25 heavy (non-hydrogen) atoms. The first-order valence-electron chi connectivity index (χ1n) is 8.40. The third-order valence-corrected chi connectivity index (χ3v) is 4.24. The van der Waals surface area contributed by atoms with Crippen molar-refractivity contribution in [3.8, 4) is 11.5 Å². The summed E-state index contributed by atoms with van der Waals surface area (Å²) in [5.74, 6) is 1.68. The summed E-state index contributed by atoms with van der Waals surface area (Å²) in [7, 11) is 0. The van der Waals surface area contributed by atoms with Gasteiger partial charge >= 0.3 is 0 Å². The van der Waals surface area contributed by atoms with Gasteiger partial charge in [0.15, 0.2) is 0 Å². The number of hydrogen-bond donors (Lipinski definition) is 1. The highest BCUT2D eigenvalue weighted by Gasteiger charge is 2.11. The largest absolute Gasteiger partial charge is 0.441 e. The van der Waals surface area contributed by atoms with Gasteiger partial charge < -0.3 is 9.73 Å². The molecule has 0 saturated heterocycles. The number of carbonyl (C=O) groups is 1. The fourth-order valence-corrected chi connectivity index (χ4v) is 2.55. The van der Waals surface area contributed by atoms with Crippen molar-refractivity contribution < 1.29 is 9.21 Å². The van der Waals surface area contributed by atoms with E-state index in [2.05, 4.69) is 24.1 Å². The Bertz CT molecular complexity index is 873. The van der Waals surface area contributed by atoms with Gasteiger partial charge in [-0.3, -0.25) is 4.79 Å². The molecule has 1 heterocycles. The lowest BCUT2D eigenvalue weighted by molar-refractivity contribution is 0.102. The molecule has 0 radical (unpaired) electrons. The minimum absolute atomic E-state index is 0.132. The molecule has 0 aliphatic carbocycles. The number of amides is 1. The maximum atomic E-state index is 12.5. The van der Waals surface area contributed by atoms with E-state index < -0.39 is 0 Å². The molecule has 4 heteroatoms. The van der Waals surface area contributed by atoms with Crippen LogP contribution >= 0.6 is 0 Å². The summed E-state index contributed by atoms with van der Waals surface area (Å²) < 4.78 is 5.66. The van der Waals surface area contributed by atoms with Crippen LogP contribution in [-0.2, 0) is 0 Å². The lowest BCUT2D eigenvalue weighted by Gasteiger charge is -2.08. The zero-order valence-electron chi connectivity index (χ0n) is 15.0. The highest BCUT2D eigenvalue weighted by atomic mass is 16.4. The van der Waals surface area contributed by atoms with Gasteiger partial charge in [0.2, 0.25) is 5.89 Å². The van der Waals surface area contributed by atoms with Crippen LogP contribution in [-0.4, -0.2) is 10.9 Å². The second-order valence-electron chi connectivity index (χ2n) is 6.47. The molecule has 4 nitrogen and oxygen atoms in total. The topological polar surface area (TPSA) is 55.1 Å². The fraction of sp³-hybridized carbons (Fsp3) is 0.238. The molecule has 0 aliphatic heterocycles. The average molecular weight is 334 g/mol. The molecule has 3 rings (SSSR count).